The standard InChI is InChI=1S/C13H14ClFN4O/c1-20-13-5-4-11(18-19-13)12(17-16)6-8-2-3-9(15)7-10(8)14/h2-5,7,12,17H,6,16H2,1H3. The Morgan fingerprint density at radius 3 is 2.70 bits per heavy atom. The summed E-state index contributed by atoms with van der Waals surface area (Å²) in [5.41, 5.74) is 4.07. The molecule has 0 aliphatic rings. The molecule has 1 heterocycles. The van der Waals surface area contributed by atoms with E-state index in [-0.39, 0.29) is 11.9 Å². The predicted octanol–water partition coefficient (Wildman–Crippen LogP) is 2.02. The van der Waals surface area contributed by atoms with Gasteiger partial charge in [-0.1, -0.05) is 17.7 Å². The number of aromatic nitrogens is 2. The Labute approximate surface area is 120 Å². The molecule has 20 heavy (non-hydrogen) atoms. The molecule has 2 aromatic rings. The number of benzene rings is 1. The molecule has 1 unspecified atom stereocenters. The van der Waals surface area contributed by atoms with Crippen LogP contribution >= 0.6 is 11.6 Å². The van der Waals surface area contributed by atoms with E-state index in [1.54, 1.807) is 18.2 Å². The first kappa shape index (κ1) is 14.6. The Hall–Kier alpha value is -1.76. The number of hydrogen-bond acceptors (Lipinski definition) is 5. The Morgan fingerprint density at radius 2 is 2.15 bits per heavy atom. The third-order valence-electron chi connectivity index (χ3n) is 2.87. The molecule has 0 bridgehead atoms. The first-order chi connectivity index (χ1) is 9.63. The molecule has 1 aromatic carbocycles. The van der Waals surface area contributed by atoms with Gasteiger partial charge in [0.15, 0.2) is 0 Å². The van der Waals surface area contributed by atoms with Crippen LogP contribution < -0.4 is 16.0 Å². The highest BCUT2D eigenvalue weighted by molar-refractivity contribution is 6.31. The number of methoxy groups -OCH3 is 1. The Morgan fingerprint density at radius 1 is 1.35 bits per heavy atom. The molecule has 106 valence electrons. The molecule has 3 N–H and O–H groups in total. The average Bonchev–Trinajstić information content (AvgIpc) is 2.47. The van der Waals surface area contributed by atoms with Crippen LogP contribution in [0.1, 0.15) is 17.3 Å². The third-order valence-corrected chi connectivity index (χ3v) is 3.22. The van der Waals surface area contributed by atoms with Crippen LogP contribution in [0.4, 0.5) is 4.39 Å². The fraction of sp³-hybridized carbons (Fsp3) is 0.231. The first-order valence-electron chi connectivity index (χ1n) is 5.91. The predicted molar refractivity (Wildman–Crippen MR) is 73.8 cm³/mol. The Balaban J connectivity index is 2.19. The lowest BCUT2D eigenvalue weighted by Gasteiger charge is -2.15. The summed E-state index contributed by atoms with van der Waals surface area (Å²) in [6.07, 6.45) is 0.469. The van der Waals surface area contributed by atoms with Crippen LogP contribution in [0.2, 0.25) is 5.02 Å². The van der Waals surface area contributed by atoms with E-state index >= 15 is 0 Å². The molecule has 0 aliphatic heterocycles. The molecule has 0 fully saturated rings. The van der Waals surface area contributed by atoms with Crippen LogP contribution in [0, 0.1) is 5.82 Å². The minimum Gasteiger partial charge on any atom is -0.480 e. The number of nitrogens with two attached hydrogens (primary N) is 1. The highest BCUT2D eigenvalue weighted by Crippen LogP contribution is 2.23. The van der Waals surface area contributed by atoms with Crippen LogP contribution in [0.15, 0.2) is 30.3 Å². The lowest BCUT2D eigenvalue weighted by molar-refractivity contribution is 0.389. The molecule has 0 saturated heterocycles. The lowest BCUT2D eigenvalue weighted by Crippen LogP contribution is -2.30. The van der Waals surface area contributed by atoms with Crippen LogP contribution in [0.5, 0.6) is 5.88 Å². The number of nitrogens with zero attached hydrogens (tertiary/aromatic N) is 2. The summed E-state index contributed by atoms with van der Waals surface area (Å²) in [6.45, 7) is 0. The molecular formula is C13H14ClFN4O. The molecule has 2 rings (SSSR count). The number of nitrogens with one attached hydrogen (secondary N) is 1. The molecular weight excluding hydrogens is 283 g/mol. The zero-order valence-electron chi connectivity index (χ0n) is 10.8. The van der Waals surface area contributed by atoms with Crippen LogP contribution in [-0.2, 0) is 6.42 Å². The second-order valence-electron chi connectivity index (χ2n) is 4.16. The van der Waals surface area contributed by atoms with Gasteiger partial charge in [0.1, 0.15) is 5.82 Å². The van der Waals surface area contributed by atoms with Crippen molar-refractivity contribution in [1.82, 2.24) is 15.6 Å². The van der Waals surface area contributed by atoms with E-state index in [9.17, 15) is 4.39 Å². The first-order valence-corrected chi connectivity index (χ1v) is 6.29. The second kappa shape index (κ2) is 6.60. The van der Waals surface area contributed by atoms with Crippen LogP contribution in [0.3, 0.4) is 0 Å². The van der Waals surface area contributed by atoms with Gasteiger partial charge in [0.05, 0.1) is 18.8 Å². The minimum atomic E-state index is -0.375. The van der Waals surface area contributed by atoms with Crippen molar-refractivity contribution in [3.8, 4) is 5.88 Å². The molecule has 1 aromatic heterocycles. The van der Waals surface area contributed by atoms with Gasteiger partial charge in [-0.15, -0.1) is 5.10 Å². The Kier molecular flexibility index (Phi) is 4.84. The molecule has 0 saturated carbocycles. The van der Waals surface area contributed by atoms with E-state index in [0.29, 0.717) is 23.0 Å². The zero-order chi connectivity index (χ0) is 14.5. The van der Waals surface area contributed by atoms with Crippen molar-refractivity contribution in [2.24, 2.45) is 5.84 Å². The van der Waals surface area contributed by atoms with Gasteiger partial charge in [0.2, 0.25) is 5.88 Å². The van der Waals surface area contributed by atoms with Crippen LogP contribution in [-0.4, -0.2) is 17.3 Å². The van der Waals surface area contributed by atoms with Crippen molar-refractivity contribution in [2.75, 3.05) is 7.11 Å². The van der Waals surface area contributed by atoms with Gasteiger partial charge >= 0.3 is 0 Å². The van der Waals surface area contributed by atoms with Crippen molar-refractivity contribution in [3.05, 3.63) is 52.4 Å². The quantitative estimate of drug-likeness (QED) is 0.652. The maximum atomic E-state index is 13.0. The fourth-order valence-electron chi connectivity index (χ4n) is 1.78. The maximum absolute atomic E-state index is 13.0. The van der Waals surface area contributed by atoms with E-state index in [0.717, 1.165) is 5.56 Å². The van der Waals surface area contributed by atoms with Gasteiger partial charge in [0.25, 0.3) is 0 Å². The largest absolute Gasteiger partial charge is 0.480 e. The summed E-state index contributed by atoms with van der Waals surface area (Å²) in [4.78, 5) is 0. The third kappa shape index (κ3) is 3.41. The van der Waals surface area contributed by atoms with Crippen molar-refractivity contribution in [3.63, 3.8) is 0 Å². The number of rotatable bonds is 5. The highest BCUT2D eigenvalue weighted by atomic mass is 35.5. The summed E-state index contributed by atoms with van der Waals surface area (Å²) in [6, 6.07) is 7.42. The smallest absolute Gasteiger partial charge is 0.233 e. The summed E-state index contributed by atoms with van der Waals surface area (Å²) >= 11 is 6.00. The van der Waals surface area contributed by atoms with Crippen LogP contribution in [0.25, 0.3) is 0 Å². The van der Waals surface area contributed by atoms with E-state index in [4.69, 9.17) is 22.2 Å². The number of hydrazine groups is 1. The summed E-state index contributed by atoms with van der Waals surface area (Å²) < 4.78 is 18.0. The van der Waals surface area contributed by atoms with Crippen molar-refractivity contribution in [1.29, 1.82) is 0 Å². The van der Waals surface area contributed by atoms with Gasteiger partial charge in [-0.05, 0) is 30.2 Å². The van der Waals surface area contributed by atoms with E-state index < -0.39 is 0 Å². The van der Waals surface area contributed by atoms with Crippen molar-refractivity contribution < 1.29 is 9.13 Å². The van der Waals surface area contributed by atoms with Gasteiger partial charge in [-0.2, -0.15) is 5.10 Å². The SMILES string of the molecule is COc1ccc(C(Cc2ccc(F)cc2Cl)NN)nn1. The minimum absolute atomic E-state index is 0.281. The van der Waals surface area contributed by atoms with E-state index in [1.807, 2.05) is 0 Å². The molecule has 0 amide bonds. The van der Waals surface area contributed by atoms with Crippen molar-refractivity contribution in [2.45, 2.75) is 12.5 Å². The molecule has 0 radical (unpaired) electrons. The summed E-state index contributed by atoms with van der Waals surface area (Å²) in [7, 11) is 1.51. The highest BCUT2D eigenvalue weighted by Gasteiger charge is 2.15. The maximum Gasteiger partial charge on any atom is 0.233 e. The molecule has 0 aliphatic carbocycles. The normalized spacial score (nSPS) is 12.2. The van der Waals surface area contributed by atoms with Crippen molar-refractivity contribution >= 4 is 11.6 Å². The number of hydrogen-bond donors (Lipinski definition) is 2. The topological polar surface area (TPSA) is 73.1 Å². The molecule has 7 heteroatoms. The average molecular weight is 297 g/mol. The summed E-state index contributed by atoms with van der Waals surface area (Å²) in [5, 5.41) is 8.27. The number of halogens is 2. The summed E-state index contributed by atoms with van der Waals surface area (Å²) in [5.74, 6) is 5.58. The number of ether oxygens (including phenoxy) is 1. The zero-order valence-corrected chi connectivity index (χ0v) is 11.6. The van der Waals surface area contributed by atoms with Gasteiger partial charge in [-0.25, -0.2) is 4.39 Å². The fourth-order valence-corrected chi connectivity index (χ4v) is 2.03. The van der Waals surface area contributed by atoms with E-state index in [1.165, 1.54) is 19.2 Å². The van der Waals surface area contributed by atoms with Gasteiger partial charge in [-0.3, -0.25) is 11.3 Å². The Bertz CT molecular complexity index is 579. The lowest BCUT2D eigenvalue weighted by atomic mass is 10.0. The monoisotopic (exact) mass is 296 g/mol. The van der Waals surface area contributed by atoms with Gasteiger partial charge in [0, 0.05) is 11.1 Å². The second-order valence-corrected chi connectivity index (χ2v) is 4.57. The van der Waals surface area contributed by atoms with Gasteiger partial charge < -0.3 is 4.74 Å². The van der Waals surface area contributed by atoms with E-state index in [2.05, 4.69) is 15.6 Å². The molecule has 5 nitrogen and oxygen atoms in total. The molecule has 0 spiro atoms. The molecule has 1 atom stereocenters.